The molecule has 1 aromatic carbocycles. The lowest BCUT2D eigenvalue weighted by molar-refractivity contribution is 0.628. The average Bonchev–Trinajstić information content (AvgIpc) is 2.85. The largest absolute Gasteiger partial charge is 0.347 e. The van der Waals surface area contributed by atoms with Gasteiger partial charge in [-0.25, -0.2) is 4.39 Å². The Hall–Kier alpha value is -2.36. The molecule has 96 valence electrons. The van der Waals surface area contributed by atoms with Crippen LogP contribution in [0, 0.1) is 5.82 Å². The van der Waals surface area contributed by atoms with Crippen LogP contribution >= 0.6 is 0 Å². The van der Waals surface area contributed by atoms with Crippen LogP contribution in [0.25, 0.3) is 22.0 Å². The summed E-state index contributed by atoms with van der Waals surface area (Å²) in [5.74, 6) is -0.268. The second-order valence-electron chi connectivity index (χ2n) is 4.40. The number of hydrogen-bond donors (Lipinski definition) is 1. The highest BCUT2D eigenvalue weighted by Gasteiger charge is 2.10. The van der Waals surface area contributed by atoms with Gasteiger partial charge in [0.15, 0.2) is 0 Å². The second-order valence-corrected chi connectivity index (χ2v) is 4.40. The first-order valence-corrected chi connectivity index (χ1v) is 6.17. The van der Waals surface area contributed by atoms with E-state index in [2.05, 4.69) is 4.98 Å². The molecule has 0 radical (unpaired) electrons. The van der Waals surface area contributed by atoms with Gasteiger partial charge in [-0.05, 0) is 30.7 Å². The molecule has 2 heterocycles. The molecule has 1 N–H and O–H groups in total. The number of H-pyrrole nitrogens is 1. The van der Waals surface area contributed by atoms with E-state index in [4.69, 9.17) is 0 Å². The number of aromatic nitrogens is 2. The van der Waals surface area contributed by atoms with Gasteiger partial charge in [0.05, 0.1) is 10.9 Å². The van der Waals surface area contributed by atoms with E-state index in [1.54, 1.807) is 18.3 Å². The van der Waals surface area contributed by atoms with Gasteiger partial charge in [0, 0.05) is 24.5 Å². The number of fused-ring (bicyclic) bond motifs is 1. The van der Waals surface area contributed by atoms with E-state index in [-0.39, 0.29) is 11.4 Å². The van der Waals surface area contributed by atoms with Crippen molar-refractivity contribution in [2.75, 3.05) is 0 Å². The van der Waals surface area contributed by atoms with Gasteiger partial charge in [0.1, 0.15) is 5.82 Å². The van der Waals surface area contributed by atoms with Crippen LogP contribution in [0.4, 0.5) is 4.39 Å². The molecular formula is C15H13FN2O. The summed E-state index contributed by atoms with van der Waals surface area (Å²) in [5.41, 5.74) is 2.57. The first-order chi connectivity index (χ1) is 9.20. The minimum absolute atomic E-state index is 0.104. The molecule has 0 spiro atoms. The topological polar surface area (TPSA) is 37.8 Å². The smallest absolute Gasteiger partial charge is 0.257 e. The molecule has 0 aliphatic rings. The zero-order valence-electron chi connectivity index (χ0n) is 10.5. The second kappa shape index (κ2) is 4.39. The summed E-state index contributed by atoms with van der Waals surface area (Å²) >= 11 is 0. The first-order valence-electron chi connectivity index (χ1n) is 6.17. The van der Waals surface area contributed by atoms with Gasteiger partial charge >= 0.3 is 0 Å². The third kappa shape index (κ3) is 1.85. The molecule has 4 heteroatoms. The van der Waals surface area contributed by atoms with Crippen molar-refractivity contribution in [1.29, 1.82) is 0 Å². The lowest BCUT2D eigenvalue weighted by Gasteiger charge is -2.08. The Morgan fingerprint density at radius 3 is 2.63 bits per heavy atom. The molecule has 0 unspecified atom stereocenters. The van der Waals surface area contributed by atoms with E-state index >= 15 is 0 Å². The molecule has 3 rings (SSSR count). The van der Waals surface area contributed by atoms with E-state index < -0.39 is 0 Å². The number of nitrogens with one attached hydrogen (secondary N) is 1. The molecule has 19 heavy (non-hydrogen) atoms. The minimum Gasteiger partial charge on any atom is -0.347 e. The number of pyridine rings is 1. The average molecular weight is 256 g/mol. The van der Waals surface area contributed by atoms with Gasteiger partial charge in [-0.2, -0.15) is 0 Å². The van der Waals surface area contributed by atoms with E-state index in [1.807, 2.05) is 23.8 Å². The molecule has 0 bridgehead atoms. The van der Waals surface area contributed by atoms with E-state index in [9.17, 15) is 9.18 Å². The Labute approximate surface area is 109 Å². The highest BCUT2D eigenvalue weighted by molar-refractivity contribution is 5.93. The van der Waals surface area contributed by atoms with Gasteiger partial charge in [-0.1, -0.05) is 12.1 Å². The third-order valence-corrected chi connectivity index (χ3v) is 3.31. The Morgan fingerprint density at radius 1 is 1.21 bits per heavy atom. The van der Waals surface area contributed by atoms with Crippen molar-refractivity contribution in [2.45, 2.75) is 13.5 Å². The number of aromatic amines is 1. The van der Waals surface area contributed by atoms with Crippen LogP contribution in [0.1, 0.15) is 6.92 Å². The van der Waals surface area contributed by atoms with Crippen LogP contribution < -0.4 is 5.56 Å². The standard InChI is InChI=1S/C15H13FN2O/c1-2-18-8-7-12-14(18)13(9-17-15(12)19)10-3-5-11(16)6-4-10/h3-9H,2H2,1H3,(H,17,19). The van der Waals surface area contributed by atoms with Gasteiger partial charge in [-0.15, -0.1) is 0 Å². The number of rotatable bonds is 2. The maximum Gasteiger partial charge on any atom is 0.257 e. The molecule has 0 amide bonds. The van der Waals surface area contributed by atoms with Crippen molar-refractivity contribution in [3.05, 3.63) is 58.9 Å². The summed E-state index contributed by atoms with van der Waals surface area (Å²) in [6.07, 6.45) is 3.58. The third-order valence-electron chi connectivity index (χ3n) is 3.31. The van der Waals surface area contributed by atoms with Gasteiger partial charge < -0.3 is 9.55 Å². The number of aryl methyl sites for hydroxylation is 1. The quantitative estimate of drug-likeness (QED) is 0.751. The summed E-state index contributed by atoms with van der Waals surface area (Å²) in [5, 5.41) is 0.656. The predicted octanol–water partition coefficient (Wildman–Crippen LogP) is 3.16. The maximum atomic E-state index is 13.0. The summed E-state index contributed by atoms with van der Waals surface area (Å²) in [6, 6.07) is 8.09. The number of nitrogens with zero attached hydrogens (tertiary/aromatic N) is 1. The monoisotopic (exact) mass is 256 g/mol. The van der Waals surface area contributed by atoms with Crippen LogP contribution in [-0.4, -0.2) is 9.55 Å². The Bertz CT molecular complexity index is 784. The van der Waals surface area contributed by atoms with Crippen LogP contribution in [0.2, 0.25) is 0 Å². The van der Waals surface area contributed by atoms with E-state index in [1.165, 1.54) is 12.1 Å². The van der Waals surface area contributed by atoms with Crippen LogP contribution in [0.15, 0.2) is 47.5 Å². The Kier molecular flexibility index (Phi) is 2.71. The molecule has 0 saturated carbocycles. The fourth-order valence-electron chi connectivity index (χ4n) is 2.35. The lowest BCUT2D eigenvalue weighted by atomic mass is 10.1. The molecule has 0 aliphatic carbocycles. The predicted molar refractivity (Wildman–Crippen MR) is 73.6 cm³/mol. The zero-order chi connectivity index (χ0) is 13.4. The summed E-state index contributed by atoms with van der Waals surface area (Å²) in [7, 11) is 0. The number of hydrogen-bond acceptors (Lipinski definition) is 1. The van der Waals surface area contributed by atoms with Crippen LogP contribution in [0.5, 0.6) is 0 Å². The summed E-state index contributed by atoms with van der Waals surface area (Å²) in [4.78, 5) is 14.5. The number of benzene rings is 1. The summed E-state index contributed by atoms with van der Waals surface area (Å²) in [6.45, 7) is 2.80. The van der Waals surface area contributed by atoms with Gasteiger partial charge in [0.25, 0.3) is 5.56 Å². The van der Waals surface area contributed by atoms with Gasteiger partial charge in [-0.3, -0.25) is 4.79 Å². The van der Waals surface area contributed by atoms with Crippen molar-refractivity contribution in [3.8, 4) is 11.1 Å². The molecule has 3 aromatic rings. The molecule has 0 saturated heterocycles. The zero-order valence-corrected chi connectivity index (χ0v) is 10.5. The molecule has 3 nitrogen and oxygen atoms in total. The van der Waals surface area contributed by atoms with Crippen molar-refractivity contribution in [3.63, 3.8) is 0 Å². The fourth-order valence-corrected chi connectivity index (χ4v) is 2.35. The SMILES string of the molecule is CCn1ccc2c(=O)[nH]cc(-c3ccc(F)cc3)c21. The summed E-state index contributed by atoms with van der Waals surface area (Å²) < 4.78 is 15.0. The van der Waals surface area contributed by atoms with E-state index in [0.717, 1.165) is 23.2 Å². The van der Waals surface area contributed by atoms with Gasteiger partial charge in [0.2, 0.25) is 0 Å². The normalized spacial score (nSPS) is 11.1. The van der Waals surface area contributed by atoms with Crippen LogP contribution in [-0.2, 0) is 6.54 Å². The molecule has 2 aromatic heterocycles. The maximum absolute atomic E-state index is 13.0. The Morgan fingerprint density at radius 2 is 1.95 bits per heavy atom. The molecule has 0 fully saturated rings. The highest BCUT2D eigenvalue weighted by atomic mass is 19.1. The minimum atomic E-state index is -0.268. The van der Waals surface area contributed by atoms with E-state index in [0.29, 0.717) is 5.39 Å². The highest BCUT2D eigenvalue weighted by Crippen LogP contribution is 2.27. The fraction of sp³-hybridized carbons (Fsp3) is 0.133. The van der Waals surface area contributed by atoms with Crippen LogP contribution in [0.3, 0.4) is 0 Å². The lowest BCUT2D eigenvalue weighted by Crippen LogP contribution is -2.06. The number of halogens is 1. The van der Waals surface area contributed by atoms with Crippen molar-refractivity contribution >= 4 is 10.9 Å². The molecular weight excluding hydrogens is 243 g/mol. The molecule has 0 atom stereocenters. The van der Waals surface area contributed by atoms with Crippen molar-refractivity contribution in [2.24, 2.45) is 0 Å². The van der Waals surface area contributed by atoms with Crippen molar-refractivity contribution in [1.82, 2.24) is 9.55 Å². The Balaban J connectivity index is 2.34. The van der Waals surface area contributed by atoms with Crippen molar-refractivity contribution < 1.29 is 4.39 Å². The molecule has 0 aliphatic heterocycles. The first kappa shape index (κ1) is 11.7.